The first-order chi connectivity index (χ1) is 34.6. The minimum Gasteiger partial charge on any atom is -0.309 e. The van der Waals surface area contributed by atoms with Crippen LogP contribution >= 0.6 is 0 Å². The van der Waals surface area contributed by atoms with Gasteiger partial charge in [-0.25, -0.2) is 4.98 Å². The van der Waals surface area contributed by atoms with E-state index in [-0.39, 0.29) is 0 Å². The van der Waals surface area contributed by atoms with Gasteiger partial charge in [-0.3, -0.25) is 4.57 Å². The molecule has 0 aliphatic rings. The van der Waals surface area contributed by atoms with E-state index in [1.54, 1.807) is 0 Å². The number of aryl methyl sites for hydroxylation is 1. The van der Waals surface area contributed by atoms with Gasteiger partial charge in [0.15, 0.2) is 11.6 Å². The number of benzene rings is 10. The van der Waals surface area contributed by atoms with Crippen LogP contribution in [0, 0.1) is 6.92 Å². The van der Waals surface area contributed by atoms with E-state index in [9.17, 15) is 0 Å². The maximum atomic E-state index is 5.59. The van der Waals surface area contributed by atoms with Crippen molar-refractivity contribution in [1.29, 1.82) is 0 Å². The highest BCUT2D eigenvalue weighted by Gasteiger charge is 2.24. The molecule has 0 atom stereocenters. The maximum absolute atomic E-state index is 5.59. The summed E-state index contributed by atoms with van der Waals surface area (Å²) >= 11 is 0. The molecule has 0 aliphatic carbocycles. The van der Waals surface area contributed by atoms with Crippen LogP contribution in [-0.2, 0) is 0 Å². The predicted molar refractivity (Wildman–Crippen MR) is 289 cm³/mol. The first-order valence-electron chi connectivity index (χ1n) is 23.8. The Bertz CT molecular complexity index is 4220. The van der Waals surface area contributed by atoms with E-state index in [1.807, 2.05) is 0 Å². The van der Waals surface area contributed by atoms with E-state index in [4.69, 9.17) is 15.0 Å². The fourth-order valence-corrected chi connectivity index (χ4v) is 10.8. The Kier molecular flexibility index (Phi) is 9.01. The summed E-state index contributed by atoms with van der Waals surface area (Å²) in [5.41, 5.74) is 16.1. The van der Waals surface area contributed by atoms with Gasteiger partial charge in [-0.2, -0.15) is 9.97 Å². The zero-order valence-electron chi connectivity index (χ0n) is 38.2. The van der Waals surface area contributed by atoms with E-state index in [1.165, 1.54) is 27.1 Å². The molecule has 0 spiro atoms. The lowest BCUT2D eigenvalue weighted by Gasteiger charge is -2.17. The SMILES string of the molecule is Cc1ccc2c(c1)c1ccccc1n2-c1ccccc1-c1nc(-c2ccccc2-n2c3ccccc3c3ccccc32)nc(-n2c3ccc(-c4ccccc4)cc3c3cc(-c4ccccc4)ccc32)n1. The smallest absolute Gasteiger partial charge is 0.238 e. The number of hydrogen-bond acceptors (Lipinski definition) is 3. The monoisotopic (exact) mass is 894 g/mol. The highest BCUT2D eigenvalue weighted by atomic mass is 15.2. The highest BCUT2D eigenvalue weighted by Crippen LogP contribution is 2.41. The topological polar surface area (TPSA) is 53.5 Å². The third-order valence-electron chi connectivity index (χ3n) is 14.0. The number of fused-ring (bicyclic) bond motifs is 9. The zero-order chi connectivity index (χ0) is 46.3. The van der Waals surface area contributed by atoms with Crippen molar-refractivity contribution in [2.75, 3.05) is 0 Å². The number of aromatic nitrogens is 6. The number of nitrogens with zero attached hydrogens (tertiary/aromatic N) is 6. The minimum atomic E-state index is 0.532. The van der Waals surface area contributed by atoms with Crippen LogP contribution in [0.25, 0.3) is 128 Å². The second kappa shape index (κ2) is 15.9. The molecule has 0 saturated carbocycles. The molecule has 70 heavy (non-hydrogen) atoms. The van der Waals surface area contributed by atoms with Crippen LogP contribution < -0.4 is 0 Å². The Morgan fingerprint density at radius 2 is 0.643 bits per heavy atom. The molecule has 6 nitrogen and oxygen atoms in total. The Balaban J connectivity index is 1.08. The van der Waals surface area contributed by atoms with Gasteiger partial charge in [0.2, 0.25) is 5.95 Å². The lowest BCUT2D eigenvalue weighted by molar-refractivity contribution is 0.950. The van der Waals surface area contributed by atoms with Crippen molar-refractivity contribution in [2.45, 2.75) is 6.92 Å². The molecule has 4 aromatic heterocycles. The van der Waals surface area contributed by atoms with Crippen LogP contribution in [0.2, 0.25) is 0 Å². The van der Waals surface area contributed by atoms with Crippen LogP contribution in [-0.4, -0.2) is 28.7 Å². The minimum absolute atomic E-state index is 0.532. The van der Waals surface area contributed by atoms with Crippen molar-refractivity contribution in [3.05, 3.63) is 242 Å². The third kappa shape index (κ3) is 6.24. The van der Waals surface area contributed by atoms with Crippen molar-refractivity contribution in [3.8, 4) is 62.4 Å². The summed E-state index contributed by atoms with van der Waals surface area (Å²) < 4.78 is 6.96. The van der Waals surface area contributed by atoms with Crippen LogP contribution in [0.15, 0.2) is 237 Å². The van der Waals surface area contributed by atoms with Crippen molar-refractivity contribution in [3.63, 3.8) is 0 Å². The van der Waals surface area contributed by atoms with Gasteiger partial charge >= 0.3 is 0 Å². The van der Waals surface area contributed by atoms with Crippen molar-refractivity contribution in [2.24, 2.45) is 0 Å². The largest absolute Gasteiger partial charge is 0.309 e. The number of para-hydroxylation sites is 5. The first-order valence-corrected chi connectivity index (χ1v) is 23.8. The van der Waals surface area contributed by atoms with Crippen LogP contribution in [0.3, 0.4) is 0 Å². The Morgan fingerprint density at radius 1 is 0.271 bits per heavy atom. The molecule has 0 unspecified atom stereocenters. The molecule has 0 fully saturated rings. The number of rotatable bonds is 7. The molecule has 14 rings (SSSR count). The maximum Gasteiger partial charge on any atom is 0.238 e. The standard InChI is InChI=1S/C64H42N6/c1-41-32-35-59-51(38-41)48-24-10-15-29-56(48)69(59)58-31-17-12-26-50(58)63-65-62(49-25-11-16-30-57(49)68-54-27-13-8-22-46(54)47-23-9-14-28-55(47)68)66-64(67-63)70-60-36-33-44(42-18-4-2-5-19-42)39-52(60)53-40-45(34-37-61(53)70)43-20-6-3-7-21-43/h2-40H,1H3. The van der Waals surface area contributed by atoms with E-state index in [0.717, 1.165) is 88.6 Å². The van der Waals surface area contributed by atoms with Gasteiger partial charge in [0.05, 0.1) is 44.5 Å². The molecule has 0 N–H and O–H groups in total. The summed E-state index contributed by atoms with van der Waals surface area (Å²) in [6.07, 6.45) is 0. The summed E-state index contributed by atoms with van der Waals surface area (Å²) in [7, 11) is 0. The average molecular weight is 895 g/mol. The van der Waals surface area contributed by atoms with Crippen LogP contribution in [0.5, 0.6) is 0 Å². The lowest BCUT2D eigenvalue weighted by atomic mass is 10.0. The summed E-state index contributed by atoms with van der Waals surface area (Å²) in [5.74, 6) is 1.68. The normalized spacial score (nSPS) is 11.8. The van der Waals surface area contributed by atoms with E-state index < -0.39 is 0 Å². The summed E-state index contributed by atoms with van der Waals surface area (Å²) in [6, 6.07) is 84.4. The lowest BCUT2D eigenvalue weighted by Crippen LogP contribution is -2.09. The molecule has 10 aromatic carbocycles. The van der Waals surface area contributed by atoms with E-state index >= 15 is 0 Å². The molecule has 0 bridgehead atoms. The predicted octanol–water partition coefficient (Wildman–Crippen LogP) is 16.1. The average Bonchev–Trinajstić information content (AvgIpc) is 4.06. The van der Waals surface area contributed by atoms with Gasteiger partial charge in [-0.05, 0) is 108 Å². The molecule has 0 saturated heterocycles. The zero-order valence-corrected chi connectivity index (χ0v) is 38.2. The molecular weight excluding hydrogens is 853 g/mol. The van der Waals surface area contributed by atoms with Crippen molar-refractivity contribution in [1.82, 2.24) is 28.7 Å². The van der Waals surface area contributed by atoms with E-state index in [0.29, 0.717) is 17.6 Å². The molecule has 0 aliphatic heterocycles. The summed E-state index contributed by atoms with van der Waals surface area (Å²) in [4.78, 5) is 16.7. The highest BCUT2D eigenvalue weighted by molar-refractivity contribution is 6.13. The summed E-state index contributed by atoms with van der Waals surface area (Å²) in [6.45, 7) is 2.16. The van der Waals surface area contributed by atoms with Gasteiger partial charge in [-0.1, -0.05) is 163 Å². The third-order valence-corrected chi connectivity index (χ3v) is 14.0. The van der Waals surface area contributed by atoms with E-state index in [2.05, 4.69) is 257 Å². The van der Waals surface area contributed by atoms with Gasteiger partial charge < -0.3 is 9.13 Å². The summed E-state index contributed by atoms with van der Waals surface area (Å²) in [5, 5.41) is 7.01. The Hall–Kier alpha value is -9.39. The molecule has 14 aromatic rings. The molecule has 6 heteroatoms. The Morgan fingerprint density at radius 3 is 1.14 bits per heavy atom. The second-order valence-electron chi connectivity index (χ2n) is 18.1. The first kappa shape index (κ1) is 39.7. The van der Waals surface area contributed by atoms with Crippen LogP contribution in [0.4, 0.5) is 0 Å². The van der Waals surface area contributed by atoms with Crippen molar-refractivity contribution >= 4 is 65.4 Å². The quantitative estimate of drug-likeness (QED) is 0.160. The Labute approximate surface area is 403 Å². The van der Waals surface area contributed by atoms with Gasteiger partial charge in [-0.15, -0.1) is 0 Å². The van der Waals surface area contributed by atoms with Gasteiger partial charge in [0.1, 0.15) is 0 Å². The molecule has 4 heterocycles. The molecule has 328 valence electrons. The fraction of sp³-hybridized carbons (Fsp3) is 0.0156. The number of hydrogen-bond donors (Lipinski definition) is 0. The van der Waals surface area contributed by atoms with Crippen LogP contribution in [0.1, 0.15) is 5.56 Å². The van der Waals surface area contributed by atoms with Gasteiger partial charge in [0.25, 0.3) is 0 Å². The molecule has 0 radical (unpaired) electrons. The molecule has 0 amide bonds. The van der Waals surface area contributed by atoms with Crippen molar-refractivity contribution < 1.29 is 0 Å². The molecular formula is C64H42N6. The second-order valence-corrected chi connectivity index (χ2v) is 18.1. The van der Waals surface area contributed by atoms with Gasteiger partial charge in [0, 0.05) is 43.4 Å². The fourth-order valence-electron chi connectivity index (χ4n) is 10.8.